The van der Waals surface area contributed by atoms with Crippen LogP contribution in [0, 0.1) is 0 Å². The topological polar surface area (TPSA) is 75.8 Å². The minimum atomic E-state index is -0.168. The minimum absolute atomic E-state index is 0.0587. The molecule has 0 aliphatic rings. The molecule has 1 aromatic carbocycles. The third kappa shape index (κ3) is 3.10. The minimum Gasteiger partial charge on any atom is -0.496 e. The molecule has 0 radical (unpaired) electrons. The molecule has 3 N–H and O–H groups in total. The number of nitrogens with two attached hydrogens (primary N) is 1. The van der Waals surface area contributed by atoms with Gasteiger partial charge in [-0.1, -0.05) is 0 Å². The van der Waals surface area contributed by atoms with Crippen molar-refractivity contribution in [1.82, 2.24) is 4.90 Å². The highest BCUT2D eigenvalue weighted by molar-refractivity contribution is 5.97. The van der Waals surface area contributed by atoms with Crippen LogP contribution in [0.5, 0.6) is 5.75 Å². The van der Waals surface area contributed by atoms with Crippen LogP contribution in [-0.4, -0.2) is 42.7 Å². The van der Waals surface area contributed by atoms with Crippen LogP contribution < -0.4 is 10.5 Å². The molecule has 0 atom stereocenters. The molecule has 1 rings (SSSR count). The monoisotopic (exact) mass is 238 g/mol. The van der Waals surface area contributed by atoms with Crippen molar-refractivity contribution in [2.45, 2.75) is 6.92 Å². The quantitative estimate of drug-likeness (QED) is 0.741. The molecular weight excluding hydrogens is 220 g/mol. The highest BCUT2D eigenvalue weighted by Crippen LogP contribution is 2.22. The molecule has 5 heteroatoms. The molecule has 5 nitrogen and oxygen atoms in total. The van der Waals surface area contributed by atoms with Crippen LogP contribution in [0.2, 0.25) is 0 Å². The summed E-state index contributed by atoms with van der Waals surface area (Å²) in [7, 11) is 1.49. The van der Waals surface area contributed by atoms with Gasteiger partial charge in [-0.2, -0.15) is 0 Å². The summed E-state index contributed by atoms with van der Waals surface area (Å²) in [5.41, 5.74) is 6.63. The summed E-state index contributed by atoms with van der Waals surface area (Å²) in [6, 6.07) is 4.90. The Morgan fingerprint density at radius 1 is 1.53 bits per heavy atom. The van der Waals surface area contributed by atoms with E-state index in [1.165, 1.54) is 7.11 Å². The lowest BCUT2D eigenvalue weighted by atomic mass is 10.1. The maximum Gasteiger partial charge on any atom is 0.257 e. The molecule has 0 aromatic heterocycles. The van der Waals surface area contributed by atoms with Gasteiger partial charge in [0, 0.05) is 24.8 Å². The van der Waals surface area contributed by atoms with Gasteiger partial charge in [0.1, 0.15) is 5.75 Å². The summed E-state index contributed by atoms with van der Waals surface area (Å²) in [6.07, 6.45) is 0. The molecular formula is C12H18N2O3. The van der Waals surface area contributed by atoms with Gasteiger partial charge in [0.2, 0.25) is 0 Å². The number of benzene rings is 1. The number of likely N-dealkylation sites (N-methyl/N-ethyl adjacent to an activating group) is 1. The second kappa shape index (κ2) is 6.10. The van der Waals surface area contributed by atoms with E-state index in [9.17, 15) is 4.79 Å². The van der Waals surface area contributed by atoms with E-state index in [4.69, 9.17) is 15.6 Å². The third-order valence-electron chi connectivity index (χ3n) is 2.49. The molecule has 94 valence electrons. The van der Waals surface area contributed by atoms with E-state index < -0.39 is 0 Å². The number of carbonyl (C=O) groups excluding carboxylic acids is 1. The molecule has 0 heterocycles. The van der Waals surface area contributed by atoms with E-state index in [0.717, 1.165) is 0 Å². The molecule has 17 heavy (non-hydrogen) atoms. The molecule has 0 aliphatic carbocycles. The van der Waals surface area contributed by atoms with Gasteiger partial charge in [0.25, 0.3) is 5.91 Å². The first-order valence-corrected chi connectivity index (χ1v) is 5.47. The number of ether oxygens (including phenoxy) is 1. The lowest BCUT2D eigenvalue weighted by molar-refractivity contribution is 0.0728. The van der Waals surface area contributed by atoms with E-state index in [0.29, 0.717) is 30.1 Å². The summed E-state index contributed by atoms with van der Waals surface area (Å²) < 4.78 is 5.13. The molecule has 0 spiro atoms. The van der Waals surface area contributed by atoms with Gasteiger partial charge in [0.05, 0.1) is 19.3 Å². The molecule has 0 saturated carbocycles. The van der Waals surface area contributed by atoms with Crippen LogP contribution in [-0.2, 0) is 0 Å². The SMILES string of the molecule is CCN(CCO)C(=O)c1ccc(N)cc1OC. The molecule has 1 amide bonds. The largest absolute Gasteiger partial charge is 0.496 e. The molecule has 0 saturated heterocycles. The molecule has 0 unspecified atom stereocenters. The van der Waals surface area contributed by atoms with Crippen molar-refractivity contribution in [3.63, 3.8) is 0 Å². The standard InChI is InChI=1S/C12H18N2O3/c1-3-14(6-7-15)12(16)10-5-4-9(13)8-11(10)17-2/h4-5,8,15H,3,6-7,13H2,1-2H3. The van der Waals surface area contributed by atoms with Crippen molar-refractivity contribution in [2.24, 2.45) is 0 Å². The van der Waals surface area contributed by atoms with E-state index in [-0.39, 0.29) is 12.5 Å². The first-order valence-electron chi connectivity index (χ1n) is 5.47. The van der Waals surface area contributed by atoms with Crippen LogP contribution in [0.4, 0.5) is 5.69 Å². The zero-order chi connectivity index (χ0) is 12.8. The number of rotatable bonds is 5. The van der Waals surface area contributed by atoms with E-state index >= 15 is 0 Å². The highest BCUT2D eigenvalue weighted by atomic mass is 16.5. The maximum atomic E-state index is 12.2. The number of aliphatic hydroxyl groups is 1. The van der Waals surface area contributed by atoms with E-state index in [1.54, 1.807) is 23.1 Å². The van der Waals surface area contributed by atoms with Gasteiger partial charge in [-0.05, 0) is 19.1 Å². The van der Waals surface area contributed by atoms with Crippen molar-refractivity contribution >= 4 is 11.6 Å². The number of hydrogen-bond donors (Lipinski definition) is 2. The summed E-state index contributed by atoms with van der Waals surface area (Å²) >= 11 is 0. The number of nitrogens with zero attached hydrogens (tertiary/aromatic N) is 1. The van der Waals surface area contributed by atoms with Crippen molar-refractivity contribution in [3.8, 4) is 5.75 Å². The lowest BCUT2D eigenvalue weighted by Gasteiger charge is -2.20. The Morgan fingerprint density at radius 2 is 2.24 bits per heavy atom. The van der Waals surface area contributed by atoms with Crippen molar-refractivity contribution in [1.29, 1.82) is 0 Å². The van der Waals surface area contributed by atoms with Gasteiger partial charge in [-0.25, -0.2) is 0 Å². The molecule has 0 aliphatic heterocycles. The van der Waals surface area contributed by atoms with Crippen LogP contribution in [0.25, 0.3) is 0 Å². The van der Waals surface area contributed by atoms with Crippen LogP contribution in [0.15, 0.2) is 18.2 Å². The molecule has 0 bridgehead atoms. The highest BCUT2D eigenvalue weighted by Gasteiger charge is 2.17. The molecule has 1 aromatic rings. The predicted octanol–water partition coefficient (Wildman–Crippen LogP) is 0.732. The fraction of sp³-hybridized carbons (Fsp3) is 0.417. The average molecular weight is 238 g/mol. The Bertz CT molecular complexity index is 393. The Kier molecular flexibility index (Phi) is 4.78. The number of nitrogen functional groups attached to an aromatic ring is 1. The smallest absolute Gasteiger partial charge is 0.257 e. The zero-order valence-electron chi connectivity index (χ0n) is 10.1. The van der Waals surface area contributed by atoms with Crippen LogP contribution >= 0.6 is 0 Å². The number of anilines is 1. The predicted molar refractivity (Wildman–Crippen MR) is 66.1 cm³/mol. The second-order valence-electron chi connectivity index (χ2n) is 3.57. The zero-order valence-corrected chi connectivity index (χ0v) is 10.1. The van der Waals surface area contributed by atoms with Crippen molar-refractivity contribution in [3.05, 3.63) is 23.8 Å². The first-order chi connectivity index (χ1) is 8.13. The van der Waals surface area contributed by atoms with Gasteiger partial charge in [0.15, 0.2) is 0 Å². The number of methoxy groups -OCH3 is 1. The lowest BCUT2D eigenvalue weighted by Crippen LogP contribution is -2.33. The number of carbonyl (C=O) groups is 1. The fourth-order valence-electron chi connectivity index (χ4n) is 1.58. The Morgan fingerprint density at radius 3 is 2.76 bits per heavy atom. The summed E-state index contributed by atoms with van der Waals surface area (Å²) in [5.74, 6) is 0.282. The average Bonchev–Trinajstić information content (AvgIpc) is 2.34. The van der Waals surface area contributed by atoms with Crippen LogP contribution in [0.3, 0.4) is 0 Å². The normalized spacial score (nSPS) is 10.1. The summed E-state index contributed by atoms with van der Waals surface area (Å²) in [4.78, 5) is 13.7. The van der Waals surface area contributed by atoms with Crippen molar-refractivity contribution < 1.29 is 14.6 Å². The second-order valence-corrected chi connectivity index (χ2v) is 3.57. The van der Waals surface area contributed by atoms with Crippen LogP contribution in [0.1, 0.15) is 17.3 Å². The summed E-state index contributed by atoms with van der Waals surface area (Å²) in [5, 5.41) is 8.89. The fourth-order valence-corrected chi connectivity index (χ4v) is 1.58. The van der Waals surface area contributed by atoms with Crippen molar-refractivity contribution in [2.75, 3.05) is 32.5 Å². The first kappa shape index (κ1) is 13.3. The third-order valence-corrected chi connectivity index (χ3v) is 2.49. The van der Waals surface area contributed by atoms with E-state index in [1.807, 2.05) is 6.92 Å². The van der Waals surface area contributed by atoms with E-state index in [2.05, 4.69) is 0 Å². The Balaban J connectivity index is 3.02. The maximum absolute atomic E-state index is 12.2. The Hall–Kier alpha value is -1.75. The van der Waals surface area contributed by atoms with Gasteiger partial charge < -0.3 is 20.5 Å². The Labute approximate surface area is 101 Å². The number of hydrogen-bond acceptors (Lipinski definition) is 4. The van der Waals surface area contributed by atoms with Gasteiger partial charge in [-0.3, -0.25) is 4.79 Å². The number of aliphatic hydroxyl groups excluding tert-OH is 1. The summed E-state index contributed by atoms with van der Waals surface area (Å²) in [6.45, 7) is 2.64. The van der Waals surface area contributed by atoms with Gasteiger partial charge >= 0.3 is 0 Å². The van der Waals surface area contributed by atoms with Gasteiger partial charge in [-0.15, -0.1) is 0 Å². The number of amides is 1. The molecule has 0 fully saturated rings.